The fraction of sp³-hybridized carbons (Fsp3) is 0.500. The molecule has 2 aromatic rings. The lowest BCUT2D eigenvalue weighted by Crippen LogP contribution is -2.46. The molecule has 24 heavy (non-hydrogen) atoms. The number of rotatable bonds is 5. The van der Waals surface area contributed by atoms with E-state index in [4.69, 9.17) is 4.74 Å². The van der Waals surface area contributed by atoms with Crippen LogP contribution >= 0.6 is 0 Å². The largest absolute Gasteiger partial charge is 0.481 e. The maximum atomic E-state index is 12.9. The summed E-state index contributed by atoms with van der Waals surface area (Å²) in [6.45, 7) is 3.44. The minimum atomic E-state index is -0.439. The van der Waals surface area contributed by atoms with Gasteiger partial charge in [0.2, 0.25) is 0 Å². The first-order valence-electron chi connectivity index (χ1n) is 8.53. The third-order valence-electron chi connectivity index (χ3n) is 4.51. The lowest BCUT2D eigenvalue weighted by atomic mass is 9.96. The van der Waals surface area contributed by atoms with Crippen LogP contribution in [-0.4, -0.2) is 44.8 Å². The number of carbonyl (C=O) groups is 1. The van der Waals surface area contributed by atoms with E-state index in [1.54, 1.807) is 6.33 Å². The Labute approximate surface area is 142 Å². The number of benzene rings is 1. The highest BCUT2D eigenvalue weighted by Gasteiger charge is 2.31. The van der Waals surface area contributed by atoms with Gasteiger partial charge >= 0.3 is 0 Å². The Morgan fingerprint density at radius 2 is 2.17 bits per heavy atom. The van der Waals surface area contributed by atoms with Crippen LogP contribution in [0.3, 0.4) is 0 Å². The van der Waals surface area contributed by atoms with E-state index in [2.05, 4.69) is 10.2 Å². The van der Waals surface area contributed by atoms with Crippen molar-refractivity contribution in [2.75, 3.05) is 13.1 Å². The van der Waals surface area contributed by atoms with Crippen LogP contribution in [-0.2, 0) is 11.8 Å². The summed E-state index contributed by atoms with van der Waals surface area (Å²) in [4.78, 5) is 14.8. The van der Waals surface area contributed by atoms with Gasteiger partial charge in [-0.1, -0.05) is 25.1 Å². The fourth-order valence-electron chi connectivity index (χ4n) is 3.23. The van der Waals surface area contributed by atoms with Crippen molar-refractivity contribution in [2.45, 2.75) is 38.2 Å². The van der Waals surface area contributed by atoms with Gasteiger partial charge in [0, 0.05) is 26.1 Å². The standard InChI is InChI=1S/C18H24N4O2/c1-3-16(24-15-9-5-4-6-10-15)18(23)22-11-7-8-14(12-22)17-20-19-13-21(17)2/h4-6,9-10,13-14,16H,3,7-8,11-12H2,1-2H3/t14-,16+/m1/s1. The Balaban J connectivity index is 1.67. The molecule has 6 nitrogen and oxygen atoms in total. The molecule has 0 aliphatic carbocycles. The zero-order valence-corrected chi connectivity index (χ0v) is 14.3. The molecule has 0 unspecified atom stereocenters. The van der Waals surface area contributed by atoms with Crippen LogP contribution in [0.2, 0.25) is 0 Å². The summed E-state index contributed by atoms with van der Waals surface area (Å²) < 4.78 is 7.84. The number of amides is 1. The van der Waals surface area contributed by atoms with Gasteiger partial charge in [0.25, 0.3) is 5.91 Å². The number of ether oxygens (including phenoxy) is 1. The highest BCUT2D eigenvalue weighted by Crippen LogP contribution is 2.26. The summed E-state index contributed by atoms with van der Waals surface area (Å²) in [5.41, 5.74) is 0. The van der Waals surface area contributed by atoms with Crippen LogP contribution < -0.4 is 4.74 Å². The zero-order chi connectivity index (χ0) is 16.9. The normalized spacial score (nSPS) is 19.1. The summed E-state index contributed by atoms with van der Waals surface area (Å²) in [6, 6.07) is 9.53. The van der Waals surface area contributed by atoms with E-state index in [9.17, 15) is 4.79 Å². The predicted molar refractivity (Wildman–Crippen MR) is 90.7 cm³/mol. The average Bonchev–Trinajstić information content (AvgIpc) is 3.06. The van der Waals surface area contributed by atoms with Crippen molar-refractivity contribution in [3.8, 4) is 5.75 Å². The van der Waals surface area contributed by atoms with E-state index in [1.165, 1.54) is 0 Å². The van der Waals surface area contributed by atoms with E-state index in [0.717, 1.165) is 31.0 Å². The van der Waals surface area contributed by atoms with Crippen LogP contribution in [0.4, 0.5) is 0 Å². The van der Waals surface area contributed by atoms with E-state index < -0.39 is 6.10 Å². The Bertz CT molecular complexity index is 671. The molecule has 1 fully saturated rings. The topological polar surface area (TPSA) is 60.2 Å². The Morgan fingerprint density at radius 1 is 1.38 bits per heavy atom. The van der Waals surface area contributed by atoms with Crippen molar-refractivity contribution in [1.82, 2.24) is 19.7 Å². The third kappa shape index (κ3) is 3.58. The van der Waals surface area contributed by atoms with Crippen LogP contribution in [0, 0.1) is 0 Å². The first kappa shape index (κ1) is 16.5. The van der Waals surface area contributed by atoms with E-state index in [1.807, 2.05) is 53.8 Å². The first-order valence-corrected chi connectivity index (χ1v) is 8.53. The molecule has 1 amide bonds. The number of likely N-dealkylation sites (tertiary alicyclic amines) is 1. The number of aromatic nitrogens is 3. The van der Waals surface area contributed by atoms with E-state index in [-0.39, 0.29) is 11.8 Å². The fourth-order valence-corrected chi connectivity index (χ4v) is 3.23. The third-order valence-corrected chi connectivity index (χ3v) is 4.51. The molecule has 2 heterocycles. The van der Waals surface area contributed by atoms with E-state index >= 15 is 0 Å². The molecule has 0 saturated carbocycles. The number of hydrogen-bond donors (Lipinski definition) is 0. The predicted octanol–water partition coefficient (Wildman–Crippen LogP) is 2.38. The molecule has 1 aromatic heterocycles. The van der Waals surface area contributed by atoms with Crippen molar-refractivity contribution in [3.63, 3.8) is 0 Å². The second-order valence-corrected chi connectivity index (χ2v) is 6.25. The number of para-hydroxylation sites is 1. The minimum Gasteiger partial charge on any atom is -0.481 e. The number of nitrogens with zero attached hydrogens (tertiary/aromatic N) is 4. The van der Waals surface area contributed by atoms with Crippen molar-refractivity contribution in [3.05, 3.63) is 42.5 Å². The second-order valence-electron chi connectivity index (χ2n) is 6.25. The highest BCUT2D eigenvalue weighted by atomic mass is 16.5. The Kier molecular flexibility index (Phi) is 5.13. The summed E-state index contributed by atoms with van der Waals surface area (Å²) in [5, 5.41) is 8.17. The van der Waals surface area contributed by atoms with Crippen LogP contribution in [0.25, 0.3) is 0 Å². The quantitative estimate of drug-likeness (QED) is 0.845. The molecule has 1 aromatic carbocycles. The Morgan fingerprint density at radius 3 is 2.83 bits per heavy atom. The SMILES string of the molecule is CC[C@H](Oc1ccccc1)C(=O)N1CCC[C@@H](c2nncn2C)C1. The lowest BCUT2D eigenvalue weighted by Gasteiger charge is -2.34. The van der Waals surface area contributed by atoms with Gasteiger partial charge in [-0.3, -0.25) is 4.79 Å². The molecule has 6 heteroatoms. The molecular weight excluding hydrogens is 304 g/mol. The molecule has 128 valence electrons. The molecule has 0 spiro atoms. The lowest BCUT2D eigenvalue weighted by molar-refractivity contribution is -0.140. The summed E-state index contributed by atoms with van der Waals surface area (Å²) in [7, 11) is 1.95. The zero-order valence-electron chi connectivity index (χ0n) is 14.3. The molecule has 1 saturated heterocycles. The van der Waals surface area contributed by atoms with Crippen molar-refractivity contribution in [2.24, 2.45) is 7.05 Å². The van der Waals surface area contributed by atoms with Crippen LogP contribution in [0.15, 0.2) is 36.7 Å². The molecule has 0 bridgehead atoms. The minimum absolute atomic E-state index is 0.0632. The monoisotopic (exact) mass is 328 g/mol. The molecule has 3 rings (SSSR count). The summed E-state index contributed by atoms with van der Waals surface area (Å²) >= 11 is 0. The summed E-state index contributed by atoms with van der Waals surface area (Å²) in [6.07, 6.45) is 3.94. The average molecular weight is 328 g/mol. The maximum absolute atomic E-state index is 12.9. The molecular formula is C18H24N4O2. The molecule has 1 aliphatic rings. The molecule has 0 N–H and O–H groups in total. The second kappa shape index (κ2) is 7.47. The van der Waals surface area contributed by atoms with Gasteiger partial charge in [-0.2, -0.15) is 0 Å². The maximum Gasteiger partial charge on any atom is 0.263 e. The van der Waals surface area contributed by atoms with Gasteiger partial charge in [-0.25, -0.2) is 0 Å². The van der Waals surface area contributed by atoms with Crippen molar-refractivity contribution < 1.29 is 9.53 Å². The Hall–Kier alpha value is -2.37. The van der Waals surface area contributed by atoms with Gasteiger partial charge in [0.15, 0.2) is 6.10 Å². The molecule has 1 aliphatic heterocycles. The molecule has 0 radical (unpaired) electrons. The van der Waals surface area contributed by atoms with Crippen molar-refractivity contribution in [1.29, 1.82) is 0 Å². The van der Waals surface area contributed by atoms with Gasteiger partial charge in [-0.05, 0) is 31.4 Å². The van der Waals surface area contributed by atoms with E-state index in [0.29, 0.717) is 13.0 Å². The van der Waals surface area contributed by atoms with Gasteiger partial charge in [0.1, 0.15) is 17.9 Å². The van der Waals surface area contributed by atoms with Gasteiger partial charge < -0.3 is 14.2 Å². The van der Waals surface area contributed by atoms with Crippen LogP contribution in [0.1, 0.15) is 37.9 Å². The van der Waals surface area contributed by atoms with Gasteiger partial charge in [-0.15, -0.1) is 10.2 Å². The number of hydrogen-bond acceptors (Lipinski definition) is 4. The van der Waals surface area contributed by atoms with Crippen LogP contribution in [0.5, 0.6) is 5.75 Å². The first-order chi connectivity index (χ1) is 11.7. The van der Waals surface area contributed by atoms with Gasteiger partial charge in [0.05, 0.1) is 0 Å². The van der Waals surface area contributed by atoms with Crippen molar-refractivity contribution >= 4 is 5.91 Å². The summed E-state index contributed by atoms with van der Waals surface area (Å²) in [5.74, 6) is 1.99. The highest BCUT2D eigenvalue weighted by molar-refractivity contribution is 5.81. The number of piperidine rings is 1. The number of aryl methyl sites for hydroxylation is 1. The molecule has 2 atom stereocenters. The number of carbonyl (C=O) groups excluding carboxylic acids is 1. The smallest absolute Gasteiger partial charge is 0.263 e.